The van der Waals surface area contributed by atoms with E-state index in [1.54, 1.807) is 43.3 Å². The van der Waals surface area contributed by atoms with Crippen molar-refractivity contribution in [2.45, 2.75) is 11.3 Å². The van der Waals surface area contributed by atoms with Gasteiger partial charge < -0.3 is 23.9 Å². The van der Waals surface area contributed by atoms with Crippen molar-refractivity contribution in [3.8, 4) is 29.1 Å². The lowest BCUT2D eigenvalue weighted by molar-refractivity contribution is -0.139. The molecule has 9 rings (SSSR count). The molecule has 1 N–H and O–H groups in total. The van der Waals surface area contributed by atoms with Crippen LogP contribution in [-0.4, -0.2) is 25.0 Å². The predicted octanol–water partition coefficient (Wildman–Crippen LogP) is 10.8. The smallest absolute Gasteiger partial charge is 0.333 e. The minimum atomic E-state index is -1.04. The van der Waals surface area contributed by atoms with Gasteiger partial charge in [0.25, 0.3) is 5.91 Å². The topological polar surface area (TPSA) is 128 Å². The number of hydrogen-bond donors (Lipinski definition) is 1. The van der Waals surface area contributed by atoms with Gasteiger partial charge >= 0.3 is 5.97 Å². The summed E-state index contributed by atoms with van der Waals surface area (Å²) in [6, 6.07) is 46.2. The van der Waals surface area contributed by atoms with Crippen LogP contribution in [-0.2, 0) is 18.7 Å². The van der Waals surface area contributed by atoms with Crippen LogP contribution in [0.4, 0.5) is 0 Å². The molecule has 0 spiro atoms. The normalized spacial score (nSPS) is 12.4. The van der Waals surface area contributed by atoms with Crippen LogP contribution >= 0.6 is 23.2 Å². The Labute approximate surface area is 349 Å². The van der Waals surface area contributed by atoms with Gasteiger partial charge in [0.1, 0.15) is 52.4 Å². The van der Waals surface area contributed by atoms with Crippen LogP contribution in [0.5, 0.6) is 23.0 Å². The van der Waals surface area contributed by atoms with Gasteiger partial charge in [-0.1, -0.05) is 127 Å². The van der Waals surface area contributed by atoms with Crippen LogP contribution in [0.1, 0.15) is 29.2 Å². The van der Waals surface area contributed by atoms with Crippen LogP contribution in [0.25, 0.3) is 27.5 Å². The van der Waals surface area contributed by atoms with Crippen molar-refractivity contribution in [2.75, 3.05) is 13.2 Å². The van der Waals surface area contributed by atoms with E-state index >= 15 is 0 Å². The van der Waals surface area contributed by atoms with E-state index in [-0.39, 0.29) is 29.7 Å². The number of alkyl halides is 2. The first kappa shape index (κ1) is 40.1. The summed E-state index contributed by atoms with van der Waals surface area (Å²) in [6.07, 6.45) is 0. The molecule has 3 heterocycles. The number of ether oxygens (including phenoxy) is 3. The van der Waals surface area contributed by atoms with Gasteiger partial charge in [0.2, 0.25) is 5.43 Å². The van der Waals surface area contributed by atoms with Crippen LogP contribution in [0, 0.1) is 11.3 Å². The van der Waals surface area contributed by atoms with Crippen molar-refractivity contribution >= 4 is 62.6 Å². The second kappa shape index (κ2) is 17.6. The van der Waals surface area contributed by atoms with Gasteiger partial charge in [0.05, 0.1) is 17.3 Å². The molecular weight excluding hydrogens is 787 g/mol. The zero-order chi connectivity index (χ0) is 41.5. The number of esters is 1. The molecule has 0 aliphatic carbocycles. The first-order valence-electron chi connectivity index (χ1n) is 18.4. The van der Waals surface area contributed by atoms with E-state index in [4.69, 9.17) is 41.8 Å². The highest BCUT2D eigenvalue weighted by atomic mass is 35.5. The van der Waals surface area contributed by atoms with E-state index in [0.717, 1.165) is 11.1 Å². The third-order valence-electron chi connectivity index (χ3n) is 9.24. The Morgan fingerprint density at radius 1 is 0.695 bits per heavy atom. The van der Waals surface area contributed by atoms with Crippen molar-refractivity contribution < 1.29 is 28.2 Å². The lowest BCUT2D eigenvalue weighted by Gasteiger charge is -2.30. The van der Waals surface area contributed by atoms with E-state index in [0.29, 0.717) is 61.6 Å². The number of halogens is 2. The van der Waals surface area contributed by atoms with Crippen molar-refractivity contribution in [2.24, 2.45) is 0 Å². The standard InChI is InChI=1S/C22H18N2O4.C13H8Cl2O.C13H8O2/c1-14(2)22(26)27-12-11-24-21(25)17(13-23)20-15-7-3-5-9-18(15)28-19-10-6-4-8-16(19)20;14-13(15)9-5-1-3-7-11(9)16-12-8-4-2-6-10(12)13;14-13-9-5-1-3-7-11(9)15-12-8-4-2-6-10(12)13/h3-10H,1,11-12H2,2H3,(H,24,25);1-8H;1-8H. The summed E-state index contributed by atoms with van der Waals surface area (Å²) in [5, 5.41) is 13.6. The largest absolute Gasteiger partial charge is 0.460 e. The molecule has 0 unspecified atom stereocenters. The number of nitrogens with one attached hydrogen (secondary N) is 1. The van der Waals surface area contributed by atoms with Gasteiger partial charge in [0, 0.05) is 33.4 Å². The van der Waals surface area contributed by atoms with Gasteiger partial charge in [-0.05, 0) is 55.5 Å². The van der Waals surface area contributed by atoms with E-state index in [9.17, 15) is 19.6 Å². The number of nitrogens with zero attached hydrogens (tertiary/aromatic N) is 1. The monoisotopic (exact) mass is 820 g/mol. The molecular formula is C48H34Cl2N2O7. The van der Waals surface area contributed by atoms with Crippen LogP contribution in [0.15, 0.2) is 173 Å². The fraction of sp³-hybridized carbons (Fsp3) is 0.0833. The number of fused-ring (bicyclic) bond motifs is 6. The second-order valence-electron chi connectivity index (χ2n) is 13.2. The van der Waals surface area contributed by atoms with Gasteiger partial charge in [-0.15, -0.1) is 0 Å². The summed E-state index contributed by atoms with van der Waals surface area (Å²) in [4.78, 5) is 36.1. The summed E-state index contributed by atoms with van der Waals surface area (Å²) in [5.74, 6) is 1.51. The lowest BCUT2D eigenvalue weighted by Crippen LogP contribution is -2.29. The predicted molar refractivity (Wildman–Crippen MR) is 229 cm³/mol. The van der Waals surface area contributed by atoms with Crippen molar-refractivity contribution in [3.05, 3.63) is 196 Å². The van der Waals surface area contributed by atoms with Gasteiger partial charge in [0.15, 0.2) is 4.33 Å². The fourth-order valence-corrected chi connectivity index (χ4v) is 7.07. The average molecular weight is 822 g/mol. The highest BCUT2D eigenvalue weighted by molar-refractivity contribution is 6.50. The van der Waals surface area contributed by atoms with E-state index in [1.165, 1.54) is 0 Å². The summed E-state index contributed by atoms with van der Waals surface area (Å²) in [6.45, 7) is 5.10. The molecule has 11 heteroatoms. The molecule has 2 aliphatic heterocycles. The SMILES string of the molecule is C=C(C)C(=O)OCCNC(=O)C(C#N)=C1c2ccccc2Oc2ccccc21.ClC1(Cl)c2ccccc2Oc2ccccc21.O=c1c2ccccc2oc2ccccc12. The number of nitriles is 1. The Kier molecular flexibility index (Phi) is 11.9. The molecule has 0 atom stereocenters. The second-order valence-corrected chi connectivity index (χ2v) is 14.5. The molecule has 0 radical (unpaired) electrons. The first-order valence-corrected chi connectivity index (χ1v) is 19.1. The van der Waals surface area contributed by atoms with Gasteiger partial charge in [-0.25, -0.2) is 4.79 Å². The van der Waals surface area contributed by atoms with Crippen molar-refractivity contribution in [1.82, 2.24) is 5.32 Å². The number of rotatable bonds is 5. The van der Waals surface area contributed by atoms with Crippen molar-refractivity contribution in [1.29, 1.82) is 5.26 Å². The molecule has 1 amide bonds. The van der Waals surface area contributed by atoms with Crippen molar-refractivity contribution in [3.63, 3.8) is 0 Å². The number of carbonyl (C=O) groups is 2. The Morgan fingerprint density at radius 2 is 1.14 bits per heavy atom. The van der Waals surface area contributed by atoms with Gasteiger partial charge in [-0.2, -0.15) is 5.26 Å². The Bertz CT molecular complexity index is 2740. The van der Waals surface area contributed by atoms with E-state index in [2.05, 4.69) is 11.9 Å². The van der Waals surface area contributed by atoms with Crippen LogP contribution in [0.3, 0.4) is 0 Å². The maximum atomic E-state index is 12.7. The highest BCUT2D eigenvalue weighted by Gasteiger charge is 2.38. The highest BCUT2D eigenvalue weighted by Crippen LogP contribution is 2.52. The molecule has 7 aromatic rings. The summed E-state index contributed by atoms with van der Waals surface area (Å²) >= 11 is 12.8. The number of hydrogen-bond acceptors (Lipinski definition) is 8. The zero-order valence-corrected chi connectivity index (χ0v) is 33.1. The summed E-state index contributed by atoms with van der Waals surface area (Å²) < 4.78 is 21.2. The molecule has 2 aliphatic rings. The molecule has 59 heavy (non-hydrogen) atoms. The molecule has 0 saturated heterocycles. The quantitative estimate of drug-likeness (QED) is 0.0454. The molecule has 0 bridgehead atoms. The number of carbonyl (C=O) groups excluding carboxylic acids is 2. The third-order valence-corrected chi connectivity index (χ3v) is 10.1. The molecule has 0 saturated carbocycles. The zero-order valence-electron chi connectivity index (χ0n) is 31.5. The number of amides is 1. The fourth-order valence-electron chi connectivity index (χ4n) is 6.44. The third kappa shape index (κ3) is 8.46. The Hall–Kier alpha value is -7.12. The minimum Gasteiger partial charge on any atom is -0.460 e. The molecule has 292 valence electrons. The van der Waals surface area contributed by atoms with E-state index < -0.39 is 16.2 Å². The Balaban J connectivity index is 0.000000144. The molecule has 0 fully saturated rings. The van der Waals surface area contributed by atoms with Gasteiger partial charge in [-0.3, -0.25) is 9.59 Å². The maximum Gasteiger partial charge on any atom is 0.333 e. The van der Waals surface area contributed by atoms with E-state index in [1.807, 2.05) is 115 Å². The Morgan fingerprint density at radius 3 is 1.64 bits per heavy atom. The molecule has 1 aromatic heterocycles. The molecule has 6 aromatic carbocycles. The summed E-state index contributed by atoms with van der Waals surface area (Å²) in [5.41, 5.74) is 4.99. The first-order chi connectivity index (χ1) is 28.6. The maximum absolute atomic E-state index is 12.7. The molecule has 9 nitrogen and oxygen atoms in total. The summed E-state index contributed by atoms with van der Waals surface area (Å²) in [7, 11) is 0. The minimum absolute atomic E-state index is 0.0121. The van der Waals surface area contributed by atoms with Crippen LogP contribution in [0.2, 0.25) is 0 Å². The number of para-hydroxylation sites is 6. The number of benzene rings is 6. The average Bonchev–Trinajstić information content (AvgIpc) is 3.26. The van der Waals surface area contributed by atoms with Crippen LogP contribution < -0.4 is 20.2 Å². The lowest BCUT2D eigenvalue weighted by atomic mass is 9.90.